The van der Waals surface area contributed by atoms with Crippen LogP contribution >= 0.6 is 0 Å². The average Bonchev–Trinajstić information content (AvgIpc) is 2.96. The Balaban J connectivity index is 0.000000360. The van der Waals surface area contributed by atoms with Crippen LogP contribution < -0.4 is 5.32 Å². The van der Waals surface area contributed by atoms with Gasteiger partial charge in [-0.05, 0) is 31.0 Å². The maximum absolute atomic E-state index is 12.5. The SMILES string of the molecule is Cc1ccc(CN2CCc3c(nc(-c4ccccn4)nc3NCC(=O)C(C)(C)C)C2)cc1.O=C(O)CC(O)(CC(=O)O)C(=O)O. The number of aromatic nitrogens is 3. The van der Waals surface area contributed by atoms with E-state index in [2.05, 4.69) is 46.4 Å². The summed E-state index contributed by atoms with van der Waals surface area (Å²) in [5.41, 5.74) is 2.28. The van der Waals surface area contributed by atoms with Crippen LogP contribution in [0.2, 0.25) is 0 Å². The van der Waals surface area contributed by atoms with Crippen molar-refractivity contribution in [2.24, 2.45) is 5.41 Å². The van der Waals surface area contributed by atoms with Crippen LogP contribution in [0.1, 0.15) is 56.0 Å². The third-order valence-corrected chi connectivity index (χ3v) is 7.10. The molecular weight excluding hydrogens is 582 g/mol. The molecule has 0 unspecified atom stereocenters. The number of hydrogen-bond acceptors (Lipinski definition) is 10. The fourth-order valence-electron chi connectivity index (χ4n) is 4.47. The second-order valence-corrected chi connectivity index (χ2v) is 12.0. The first-order valence-corrected chi connectivity index (χ1v) is 14.3. The van der Waals surface area contributed by atoms with E-state index in [1.54, 1.807) is 6.20 Å². The van der Waals surface area contributed by atoms with Crippen LogP contribution in [0, 0.1) is 12.3 Å². The molecule has 1 aliphatic rings. The van der Waals surface area contributed by atoms with Crippen molar-refractivity contribution in [2.45, 2.75) is 65.6 Å². The molecule has 0 saturated carbocycles. The van der Waals surface area contributed by atoms with Gasteiger partial charge in [0.25, 0.3) is 0 Å². The standard InChI is InChI=1S/C26H31N5O.C6H8O7/c1-18-8-10-19(11-9-18)16-31-14-12-20-22(17-31)29-25(21-7-5-6-13-27-21)30-24(20)28-15-23(32)26(2,3)4;7-3(8)1-6(13,5(11)12)2-4(9)10/h5-11,13H,12,14-17H2,1-4H3,(H,28,29,30);13H,1-2H2,(H,7,8)(H,9,10)(H,11,12). The van der Waals surface area contributed by atoms with Crippen molar-refractivity contribution in [2.75, 3.05) is 18.4 Å². The minimum Gasteiger partial charge on any atom is -0.481 e. The molecule has 240 valence electrons. The molecule has 0 aliphatic carbocycles. The van der Waals surface area contributed by atoms with Gasteiger partial charge in [0.15, 0.2) is 17.2 Å². The summed E-state index contributed by atoms with van der Waals surface area (Å²) in [4.78, 5) is 59.5. The number of aliphatic carboxylic acids is 3. The third-order valence-electron chi connectivity index (χ3n) is 7.10. The van der Waals surface area contributed by atoms with Gasteiger partial charge >= 0.3 is 17.9 Å². The normalized spacial score (nSPS) is 13.2. The summed E-state index contributed by atoms with van der Waals surface area (Å²) in [5, 5.41) is 37.1. The van der Waals surface area contributed by atoms with Gasteiger partial charge in [0.1, 0.15) is 11.5 Å². The van der Waals surface area contributed by atoms with Crippen LogP contribution in [0.25, 0.3) is 11.5 Å². The van der Waals surface area contributed by atoms with Crippen LogP contribution in [0.5, 0.6) is 0 Å². The second-order valence-electron chi connectivity index (χ2n) is 12.0. The molecule has 13 nitrogen and oxygen atoms in total. The molecule has 4 rings (SSSR count). The van der Waals surface area contributed by atoms with Gasteiger partial charge in [0.05, 0.1) is 25.1 Å². The molecule has 2 aromatic heterocycles. The lowest BCUT2D eigenvalue weighted by Crippen LogP contribution is -2.42. The number of nitrogens with one attached hydrogen (secondary N) is 1. The minimum atomic E-state index is -2.74. The van der Waals surface area contributed by atoms with Crippen molar-refractivity contribution in [1.29, 1.82) is 0 Å². The zero-order valence-electron chi connectivity index (χ0n) is 25.8. The molecule has 13 heteroatoms. The van der Waals surface area contributed by atoms with E-state index >= 15 is 0 Å². The Morgan fingerprint density at radius 1 is 0.933 bits per heavy atom. The number of carbonyl (C=O) groups excluding carboxylic acids is 1. The molecule has 3 aromatic rings. The van der Waals surface area contributed by atoms with Crippen molar-refractivity contribution < 1.29 is 39.6 Å². The molecule has 1 aromatic carbocycles. The number of fused-ring (bicyclic) bond motifs is 1. The molecular formula is C32H39N5O8. The van der Waals surface area contributed by atoms with Gasteiger partial charge in [-0.2, -0.15) is 0 Å². The van der Waals surface area contributed by atoms with Crippen molar-refractivity contribution in [3.63, 3.8) is 0 Å². The Kier molecular flexibility index (Phi) is 11.4. The summed E-state index contributed by atoms with van der Waals surface area (Å²) in [7, 11) is 0. The smallest absolute Gasteiger partial charge is 0.336 e. The predicted molar refractivity (Wildman–Crippen MR) is 164 cm³/mol. The lowest BCUT2D eigenvalue weighted by Gasteiger charge is -2.29. The molecule has 0 radical (unpaired) electrons. The number of aliphatic hydroxyl groups is 1. The van der Waals surface area contributed by atoms with Gasteiger partial charge in [0.2, 0.25) is 0 Å². The molecule has 0 spiro atoms. The summed E-state index contributed by atoms with van der Waals surface area (Å²) in [6.07, 6.45) is 0.303. The van der Waals surface area contributed by atoms with E-state index in [0.29, 0.717) is 5.82 Å². The average molecular weight is 622 g/mol. The molecule has 3 heterocycles. The summed E-state index contributed by atoms with van der Waals surface area (Å²) in [6, 6.07) is 14.4. The van der Waals surface area contributed by atoms with Gasteiger partial charge in [-0.25, -0.2) is 14.8 Å². The number of hydrogen-bond donors (Lipinski definition) is 5. The Morgan fingerprint density at radius 2 is 1.58 bits per heavy atom. The van der Waals surface area contributed by atoms with Crippen LogP contribution in [0.15, 0.2) is 48.7 Å². The number of carboxylic acids is 3. The van der Waals surface area contributed by atoms with Crippen molar-refractivity contribution in [3.05, 3.63) is 71.0 Å². The maximum atomic E-state index is 12.5. The van der Waals surface area contributed by atoms with Gasteiger partial charge < -0.3 is 25.7 Å². The van der Waals surface area contributed by atoms with Crippen LogP contribution in [0.4, 0.5) is 5.82 Å². The highest BCUT2D eigenvalue weighted by Crippen LogP contribution is 2.28. The summed E-state index contributed by atoms with van der Waals surface area (Å²) >= 11 is 0. The maximum Gasteiger partial charge on any atom is 0.336 e. The highest BCUT2D eigenvalue weighted by molar-refractivity contribution is 5.88. The van der Waals surface area contributed by atoms with Crippen molar-refractivity contribution in [3.8, 4) is 11.5 Å². The van der Waals surface area contributed by atoms with E-state index in [4.69, 9.17) is 30.4 Å². The summed E-state index contributed by atoms with van der Waals surface area (Å²) in [5.74, 6) is -3.52. The quantitative estimate of drug-likeness (QED) is 0.209. The fraction of sp³-hybridized carbons (Fsp3) is 0.406. The van der Waals surface area contributed by atoms with Crippen LogP contribution in [-0.2, 0) is 38.7 Å². The minimum absolute atomic E-state index is 0.154. The first-order valence-electron chi connectivity index (χ1n) is 14.3. The number of anilines is 1. The largest absolute Gasteiger partial charge is 0.481 e. The van der Waals surface area contributed by atoms with Crippen LogP contribution in [0.3, 0.4) is 0 Å². The lowest BCUT2D eigenvalue weighted by atomic mass is 9.91. The molecule has 0 saturated heterocycles. The molecule has 5 N–H and O–H groups in total. The number of aryl methyl sites for hydroxylation is 1. The van der Waals surface area contributed by atoms with Crippen LogP contribution in [-0.4, -0.2) is 82.7 Å². The first-order chi connectivity index (χ1) is 21.1. The zero-order chi connectivity index (χ0) is 33.4. The Morgan fingerprint density at radius 3 is 2.11 bits per heavy atom. The number of ketones is 1. The predicted octanol–water partition coefficient (Wildman–Crippen LogP) is 3.18. The molecule has 45 heavy (non-hydrogen) atoms. The zero-order valence-corrected chi connectivity index (χ0v) is 25.8. The number of benzene rings is 1. The van der Waals surface area contributed by atoms with E-state index in [-0.39, 0.29) is 12.3 Å². The number of pyridine rings is 1. The molecule has 0 atom stereocenters. The van der Waals surface area contributed by atoms with Gasteiger partial charge in [-0.15, -0.1) is 0 Å². The second kappa shape index (κ2) is 14.8. The van der Waals surface area contributed by atoms with E-state index in [0.717, 1.165) is 48.8 Å². The van der Waals surface area contributed by atoms with E-state index < -0.39 is 41.8 Å². The summed E-state index contributed by atoms with van der Waals surface area (Å²) in [6.45, 7) is 10.7. The third kappa shape index (κ3) is 10.2. The van der Waals surface area contributed by atoms with Gasteiger partial charge in [0, 0.05) is 36.8 Å². The van der Waals surface area contributed by atoms with E-state index in [9.17, 15) is 19.2 Å². The van der Waals surface area contributed by atoms with Crippen molar-refractivity contribution in [1.82, 2.24) is 19.9 Å². The number of nitrogens with zero attached hydrogens (tertiary/aromatic N) is 4. The van der Waals surface area contributed by atoms with Gasteiger partial charge in [-0.3, -0.25) is 24.3 Å². The Hall–Kier alpha value is -4.75. The van der Waals surface area contributed by atoms with E-state index in [1.165, 1.54) is 11.1 Å². The number of carboxylic acid groups (broad SMARTS) is 3. The molecule has 0 bridgehead atoms. The molecule has 0 amide bonds. The molecule has 1 aliphatic heterocycles. The highest BCUT2D eigenvalue weighted by atomic mass is 16.4. The number of rotatable bonds is 11. The lowest BCUT2D eigenvalue weighted by molar-refractivity contribution is -0.170. The highest BCUT2D eigenvalue weighted by Gasteiger charge is 2.40. The van der Waals surface area contributed by atoms with E-state index in [1.807, 2.05) is 39.0 Å². The summed E-state index contributed by atoms with van der Waals surface area (Å²) < 4.78 is 0. The number of carbonyl (C=O) groups is 4. The van der Waals surface area contributed by atoms with Crippen molar-refractivity contribution >= 4 is 29.5 Å². The first kappa shape index (κ1) is 34.7. The Labute approximate surface area is 261 Å². The molecule has 0 fully saturated rings. The topological polar surface area (TPSA) is 203 Å². The fourth-order valence-corrected chi connectivity index (χ4v) is 4.47. The monoisotopic (exact) mass is 621 g/mol. The number of Topliss-reactive ketones (excluding diaryl/α,β-unsaturated/α-hetero) is 1. The van der Waals surface area contributed by atoms with Gasteiger partial charge in [-0.1, -0.05) is 56.7 Å². The Bertz CT molecular complexity index is 1510.